The molecule has 1 atom stereocenters. The summed E-state index contributed by atoms with van der Waals surface area (Å²) in [5.74, 6) is 0.484. The zero-order valence-corrected chi connectivity index (χ0v) is 14.7. The van der Waals surface area contributed by atoms with Gasteiger partial charge in [-0.2, -0.15) is 4.31 Å². The Morgan fingerprint density at radius 3 is 2.70 bits per heavy atom. The maximum Gasteiger partial charge on any atom is 0.214 e. The maximum atomic E-state index is 12.6. The second kappa shape index (κ2) is 6.14. The van der Waals surface area contributed by atoms with Crippen LogP contribution in [0.4, 0.5) is 0 Å². The third kappa shape index (κ3) is 3.44. The first-order chi connectivity index (χ1) is 10.8. The summed E-state index contributed by atoms with van der Waals surface area (Å²) < 4.78 is 28.3. The molecule has 0 aromatic carbocycles. The third-order valence-electron chi connectivity index (χ3n) is 5.04. The van der Waals surface area contributed by atoms with E-state index in [0.717, 1.165) is 25.7 Å². The highest BCUT2D eigenvalue weighted by Gasteiger charge is 2.44. The van der Waals surface area contributed by atoms with Crippen molar-refractivity contribution in [2.75, 3.05) is 18.8 Å². The smallest absolute Gasteiger partial charge is 0.214 e. The van der Waals surface area contributed by atoms with E-state index in [2.05, 4.69) is 10.3 Å². The Balaban J connectivity index is 1.70. The minimum Gasteiger partial charge on any atom is -0.382 e. The lowest BCUT2D eigenvalue weighted by Gasteiger charge is -2.22. The van der Waals surface area contributed by atoms with Crippen LogP contribution in [0.25, 0.3) is 0 Å². The van der Waals surface area contributed by atoms with Crippen LogP contribution < -0.4 is 0 Å². The van der Waals surface area contributed by atoms with Crippen LogP contribution in [0.1, 0.15) is 57.7 Å². The van der Waals surface area contributed by atoms with Gasteiger partial charge in [-0.3, -0.25) is 0 Å². The predicted octanol–water partition coefficient (Wildman–Crippen LogP) is 1.27. The van der Waals surface area contributed by atoms with Crippen molar-refractivity contribution in [3.63, 3.8) is 0 Å². The summed E-state index contributed by atoms with van der Waals surface area (Å²) in [7, 11) is -3.31. The summed E-state index contributed by atoms with van der Waals surface area (Å²) >= 11 is 0. The van der Waals surface area contributed by atoms with Crippen molar-refractivity contribution in [2.45, 2.75) is 57.6 Å². The van der Waals surface area contributed by atoms with Gasteiger partial charge in [0.05, 0.1) is 11.9 Å². The summed E-state index contributed by atoms with van der Waals surface area (Å²) in [6, 6.07) is 0.156. The number of aromatic nitrogens is 3. The SMILES string of the molecule is CC(C)n1cc(C2(O)CCN(S(=O)(=O)CC3CCCC3)C2)nn1. The predicted molar refractivity (Wildman–Crippen MR) is 86.2 cm³/mol. The topological polar surface area (TPSA) is 88.3 Å². The molecule has 1 saturated carbocycles. The fourth-order valence-corrected chi connectivity index (χ4v) is 5.45. The van der Waals surface area contributed by atoms with Gasteiger partial charge in [0.15, 0.2) is 0 Å². The van der Waals surface area contributed by atoms with E-state index in [1.54, 1.807) is 10.9 Å². The van der Waals surface area contributed by atoms with Gasteiger partial charge in [0.25, 0.3) is 0 Å². The Bertz CT molecular complexity index is 651. The molecule has 0 radical (unpaired) electrons. The number of β-amino-alcohol motifs (C(OH)–C–C–N with tert-alkyl or cyclic N) is 1. The van der Waals surface area contributed by atoms with Gasteiger partial charge in [-0.15, -0.1) is 5.10 Å². The van der Waals surface area contributed by atoms with Crippen LogP contribution in [0.15, 0.2) is 6.20 Å². The number of sulfonamides is 1. The second-order valence-corrected chi connectivity index (χ2v) is 9.24. The quantitative estimate of drug-likeness (QED) is 0.870. The van der Waals surface area contributed by atoms with E-state index in [9.17, 15) is 13.5 Å². The molecule has 2 fully saturated rings. The van der Waals surface area contributed by atoms with Crippen LogP contribution in [0.5, 0.6) is 0 Å². The summed E-state index contributed by atoms with van der Waals surface area (Å²) in [5, 5.41) is 18.9. The van der Waals surface area contributed by atoms with Crippen molar-refractivity contribution in [1.29, 1.82) is 0 Å². The molecule has 130 valence electrons. The molecule has 1 aliphatic carbocycles. The van der Waals surface area contributed by atoms with E-state index in [0.29, 0.717) is 18.7 Å². The summed E-state index contributed by atoms with van der Waals surface area (Å²) in [6.45, 7) is 4.39. The van der Waals surface area contributed by atoms with E-state index >= 15 is 0 Å². The zero-order valence-electron chi connectivity index (χ0n) is 13.8. The second-order valence-electron chi connectivity index (χ2n) is 7.22. The minimum atomic E-state index is -3.31. The van der Waals surface area contributed by atoms with E-state index in [1.165, 1.54) is 4.31 Å². The maximum absolute atomic E-state index is 12.6. The van der Waals surface area contributed by atoms with Gasteiger partial charge < -0.3 is 5.11 Å². The first-order valence-electron chi connectivity index (χ1n) is 8.43. The largest absolute Gasteiger partial charge is 0.382 e. The molecule has 23 heavy (non-hydrogen) atoms. The van der Waals surface area contributed by atoms with Gasteiger partial charge in [-0.1, -0.05) is 18.1 Å². The van der Waals surface area contributed by atoms with Crippen molar-refractivity contribution in [3.05, 3.63) is 11.9 Å². The lowest BCUT2D eigenvalue weighted by Crippen LogP contribution is -2.37. The molecule has 0 amide bonds. The van der Waals surface area contributed by atoms with E-state index in [1.807, 2.05) is 13.8 Å². The molecule has 1 N–H and O–H groups in total. The molecule has 1 aromatic rings. The van der Waals surface area contributed by atoms with E-state index in [4.69, 9.17) is 0 Å². The summed E-state index contributed by atoms with van der Waals surface area (Å²) in [6.07, 6.45) is 6.34. The molecule has 2 heterocycles. The first kappa shape index (κ1) is 16.9. The number of nitrogens with zero attached hydrogens (tertiary/aromatic N) is 4. The van der Waals surface area contributed by atoms with Gasteiger partial charge >= 0.3 is 0 Å². The summed E-state index contributed by atoms with van der Waals surface area (Å²) in [4.78, 5) is 0. The average Bonchev–Trinajstić information content (AvgIpc) is 3.16. The Morgan fingerprint density at radius 2 is 2.09 bits per heavy atom. The van der Waals surface area contributed by atoms with Gasteiger partial charge in [0.1, 0.15) is 11.3 Å². The Morgan fingerprint density at radius 1 is 1.39 bits per heavy atom. The standard InChI is InChI=1S/C15H26N4O3S/c1-12(2)19-9-14(16-17-19)15(20)7-8-18(11-15)23(21,22)10-13-5-3-4-6-13/h9,12-13,20H,3-8,10-11H2,1-2H3. The Kier molecular flexibility index (Phi) is 4.50. The van der Waals surface area contributed by atoms with Crippen LogP contribution in [0.3, 0.4) is 0 Å². The van der Waals surface area contributed by atoms with Crippen molar-refractivity contribution < 1.29 is 13.5 Å². The Labute approximate surface area is 137 Å². The Hall–Kier alpha value is -0.990. The molecule has 1 unspecified atom stereocenters. The third-order valence-corrected chi connectivity index (χ3v) is 7.03. The summed E-state index contributed by atoms with van der Waals surface area (Å²) in [5.41, 5.74) is -0.764. The highest BCUT2D eigenvalue weighted by atomic mass is 32.2. The van der Waals surface area contributed by atoms with Crippen molar-refractivity contribution in [3.8, 4) is 0 Å². The normalized spacial score (nSPS) is 27.3. The van der Waals surface area contributed by atoms with Crippen LogP contribution in [0, 0.1) is 5.92 Å². The molecule has 8 heteroatoms. The fourth-order valence-electron chi connectivity index (χ4n) is 3.53. The van der Waals surface area contributed by atoms with E-state index in [-0.39, 0.29) is 24.3 Å². The van der Waals surface area contributed by atoms with Gasteiger partial charge in [-0.05, 0) is 39.0 Å². The molecule has 1 aromatic heterocycles. The average molecular weight is 342 g/mol. The van der Waals surface area contributed by atoms with Crippen molar-refractivity contribution in [2.24, 2.45) is 5.92 Å². The molecule has 3 rings (SSSR count). The highest BCUT2D eigenvalue weighted by molar-refractivity contribution is 7.89. The van der Waals surface area contributed by atoms with Gasteiger partial charge in [0, 0.05) is 19.1 Å². The van der Waals surface area contributed by atoms with Crippen molar-refractivity contribution >= 4 is 10.0 Å². The molecule has 0 bridgehead atoms. The first-order valence-corrected chi connectivity index (χ1v) is 10.0. The molecule has 7 nitrogen and oxygen atoms in total. The minimum absolute atomic E-state index is 0.0822. The van der Waals surface area contributed by atoms with Crippen LogP contribution in [-0.2, 0) is 15.6 Å². The molecule has 1 aliphatic heterocycles. The zero-order chi connectivity index (χ0) is 16.7. The molecular weight excluding hydrogens is 316 g/mol. The molecule has 1 saturated heterocycles. The monoisotopic (exact) mass is 342 g/mol. The fraction of sp³-hybridized carbons (Fsp3) is 0.867. The number of aliphatic hydroxyl groups is 1. The number of hydrogen-bond acceptors (Lipinski definition) is 5. The molecule has 0 spiro atoms. The molecule has 2 aliphatic rings. The van der Waals surface area contributed by atoms with E-state index < -0.39 is 15.6 Å². The lowest BCUT2D eigenvalue weighted by molar-refractivity contribution is 0.0484. The highest BCUT2D eigenvalue weighted by Crippen LogP contribution is 2.34. The van der Waals surface area contributed by atoms with Crippen molar-refractivity contribution in [1.82, 2.24) is 19.3 Å². The van der Waals surface area contributed by atoms with Crippen LogP contribution in [0.2, 0.25) is 0 Å². The lowest BCUT2D eigenvalue weighted by atomic mass is 10.00. The number of hydrogen-bond donors (Lipinski definition) is 1. The number of rotatable bonds is 5. The molecular formula is C15H26N4O3S. The van der Waals surface area contributed by atoms with Gasteiger partial charge in [-0.25, -0.2) is 13.1 Å². The van der Waals surface area contributed by atoms with Crippen LogP contribution in [-0.4, -0.2) is 51.7 Å². The van der Waals surface area contributed by atoms with Crippen LogP contribution >= 0.6 is 0 Å². The van der Waals surface area contributed by atoms with Gasteiger partial charge in [0.2, 0.25) is 10.0 Å².